The van der Waals surface area contributed by atoms with Crippen molar-refractivity contribution in [1.82, 2.24) is 8.87 Å². The van der Waals surface area contributed by atoms with E-state index in [0.29, 0.717) is 0 Å². The predicted molar refractivity (Wildman–Crippen MR) is 90.2 cm³/mol. The first kappa shape index (κ1) is 19.1. The maximum absolute atomic E-state index is 13.7. The Balaban J connectivity index is 2.65. The number of halogens is 2. The summed E-state index contributed by atoms with van der Waals surface area (Å²) in [5.74, 6) is -1.47. The van der Waals surface area contributed by atoms with Crippen LogP contribution in [-0.2, 0) is 16.6 Å². The van der Waals surface area contributed by atoms with Crippen molar-refractivity contribution in [1.29, 1.82) is 5.41 Å². The number of rotatable bonds is 5. The number of benzene rings is 1. The van der Waals surface area contributed by atoms with Crippen LogP contribution in [0.3, 0.4) is 0 Å². The Morgan fingerprint density at radius 1 is 1.36 bits per heavy atom. The monoisotopic (exact) mass is 386 g/mol. The molecule has 2 aromatic rings. The molecular weight excluding hydrogens is 371 g/mol. The molecule has 25 heavy (non-hydrogen) atoms. The largest absolute Gasteiger partial charge is 0.365 e. The Hall–Kier alpha value is -2.23. The lowest BCUT2D eigenvalue weighted by Crippen LogP contribution is -2.30. The molecule has 0 aliphatic rings. The minimum Gasteiger partial charge on any atom is -0.365 e. The summed E-state index contributed by atoms with van der Waals surface area (Å²) >= 11 is 5.93. The molecule has 0 fully saturated rings. The van der Waals surface area contributed by atoms with Crippen LogP contribution in [0, 0.1) is 11.2 Å². The van der Waals surface area contributed by atoms with Crippen LogP contribution in [0.5, 0.6) is 0 Å². The number of pyridine rings is 1. The molecule has 134 valence electrons. The summed E-state index contributed by atoms with van der Waals surface area (Å²) < 4.78 is 40.7. The van der Waals surface area contributed by atoms with E-state index in [2.05, 4.69) is 0 Å². The summed E-state index contributed by atoms with van der Waals surface area (Å²) in [4.78, 5) is 11.3. The van der Waals surface area contributed by atoms with Crippen molar-refractivity contribution >= 4 is 27.5 Å². The first-order valence-electron chi connectivity index (χ1n) is 6.99. The van der Waals surface area contributed by atoms with E-state index in [1.807, 2.05) is 0 Å². The smallest absolute Gasteiger partial charge is 0.252 e. The number of nitrogens with zero attached hydrogens (tertiary/aromatic N) is 2. The van der Waals surface area contributed by atoms with E-state index in [-0.39, 0.29) is 33.1 Å². The lowest BCUT2D eigenvalue weighted by molar-refractivity contribution is 0.0997. The number of amides is 1. The number of carbonyl (C=O) groups is 1. The van der Waals surface area contributed by atoms with Crippen molar-refractivity contribution in [2.75, 3.05) is 14.1 Å². The van der Waals surface area contributed by atoms with Gasteiger partial charge < -0.3 is 10.3 Å². The summed E-state index contributed by atoms with van der Waals surface area (Å²) in [5, 5.41) is 8.17. The van der Waals surface area contributed by atoms with Gasteiger partial charge in [0.1, 0.15) is 11.3 Å². The Kier molecular flexibility index (Phi) is 5.31. The van der Waals surface area contributed by atoms with Crippen LogP contribution in [0.2, 0.25) is 5.02 Å². The standard InChI is InChI=1S/C15H16ClFN4O3S/c1-20(2)25(23,24)13-4-3-11(17)5-9(13)7-21-8-10(16)6-12(14(21)18)15(19)22/h3-6,8,18H,7H2,1-2H3,(H2,19,22). The second-order valence-corrected chi connectivity index (χ2v) is 8.01. The molecular formula is C15H16ClFN4O3S. The van der Waals surface area contributed by atoms with Crippen LogP contribution in [0.4, 0.5) is 4.39 Å². The van der Waals surface area contributed by atoms with E-state index in [1.54, 1.807) is 0 Å². The molecule has 1 heterocycles. The summed E-state index contributed by atoms with van der Waals surface area (Å²) in [6.07, 6.45) is 1.34. The van der Waals surface area contributed by atoms with Crippen LogP contribution in [0.25, 0.3) is 0 Å². The van der Waals surface area contributed by atoms with Gasteiger partial charge in [-0.1, -0.05) is 11.6 Å². The van der Waals surface area contributed by atoms with E-state index in [0.717, 1.165) is 22.5 Å². The van der Waals surface area contributed by atoms with Crippen molar-refractivity contribution in [3.63, 3.8) is 0 Å². The van der Waals surface area contributed by atoms with Gasteiger partial charge in [0.25, 0.3) is 5.91 Å². The predicted octanol–water partition coefficient (Wildman–Crippen LogP) is 1.16. The van der Waals surface area contributed by atoms with Gasteiger partial charge in [0, 0.05) is 20.3 Å². The second-order valence-electron chi connectivity index (χ2n) is 5.45. The quantitative estimate of drug-likeness (QED) is 0.804. The number of primary amides is 1. The molecule has 0 aliphatic carbocycles. The van der Waals surface area contributed by atoms with Gasteiger partial charge in [0.15, 0.2) is 0 Å². The van der Waals surface area contributed by atoms with Crippen LogP contribution in [0.1, 0.15) is 15.9 Å². The minimum atomic E-state index is -3.83. The number of hydrogen-bond acceptors (Lipinski definition) is 4. The average Bonchev–Trinajstić information content (AvgIpc) is 2.50. The van der Waals surface area contributed by atoms with Crippen molar-refractivity contribution < 1.29 is 17.6 Å². The average molecular weight is 387 g/mol. The Morgan fingerprint density at radius 2 is 2.00 bits per heavy atom. The Bertz CT molecular complexity index is 1000. The first-order valence-corrected chi connectivity index (χ1v) is 8.81. The molecule has 0 aliphatic heterocycles. The number of aromatic nitrogens is 1. The molecule has 10 heteroatoms. The molecule has 7 nitrogen and oxygen atoms in total. The molecule has 0 spiro atoms. The number of nitrogens with two attached hydrogens (primary N) is 1. The zero-order valence-corrected chi connectivity index (χ0v) is 15.0. The highest BCUT2D eigenvalue weighted by Gasteiger charge is 2.22. The molecule has 1 aromatic heterocycles. The third-order valence-electron chi connectivity index (χ3n) is 3.49. The van der Waals surface area contributed by atoms with Crippen molar-refractivity contribution in [3.05, 3.63) is 57.9 Å². The van der Waals surface area contributed by atoms with Gasteiger partial charge in [0.05, 0.1) is 22.0 Å². The lowest BCUT2D eigenvalue weighted by atomic mass is 10.2. The molecule has 0 saturated carbocycles. The van der Waals surface area contributed by atoms with Crippen LogP contribution in [-0.4, -0.2) is 37.3 Å². The normalized spacial score (nSPS) is 11.7. The highest BCUT2D eigenvalue weighted by molar-refractivity contribution is 7.89. The zero-order valence-electron chi connectivity index (χ0n) is 13.5. The molecule has 0 atom stereocenters. The highest BCUT2D eigenvalue weighted by Crippen LogP contribution is 2.21. The third kappa shape index (κ3) is 3.89. The molecule has 3 N–H and O–H groups in total. The summed E-state index contributed by atoms with van der Waals surface area (Å²) in [7, 11) is -1.11. The number of sulfonamides is 1. The highest BCUT2D eigenvalue weighted by atomic mass is 35.5. The van der Waals surface area contributed by atoms with E-state index < -0.39 is 21.7 Å². The fraction of sp³-hybridized carbons (Fsp3) is 0.200. The number of hydrogen-bond donors (Lipinski definition) is 2. The van der Waals surface area contributed by atoms with E-state index in [1.165, 1.54) is 30.9 Å². The van der Waals surface area contributed by atoms with Crippen molar-refractivity contribution in [2.24, 2.45) is 5.73 Å². The van der Waals surface area contributed by atoms with Crippen molar-refractivity contribution in [3.8, 4) is 0 Å². The van der Waals surface area contributed by atoms with Crippen LogP contribution < -0.4 is 11.2 Å². The molecule has 1 amide bonds. The van der Waals surface area contributed by atoms with Gasteiger partial charge in [-0.3, -0.25) is 10.2 Å². The third-order valence-corrected chi connectivity index (χ3v) is 5.61. The zero-order chi connectivity index (χ0) is 18.9. The van der Waals surface area contributed by atoms with Gasteiger partial charge >= 0.3 is 0 Å². The van der Waals surface area contributed by atoms with Gasteiger partial charge in [0.2, 0.25) is 10.0 Å². The molecule has 0 bridgehead atoms. The van der Waals surface area contributed by atoms with E-state index in [9.17, 15) is 17.6 Å². The fourth-order valence-electron chi connectivity index (χ4n) is 2.23. The van der Waals surface area contributed by atoms with E-state index >= 15 is 0 Å². The maximum Gasteiger partial charge on any atom is 0.252 e. The molecule has 0 unspecified atom stereocenters. The molecule has 2 rings (SSSR count). The van der Waals surface area contributed by atoms with Gasteiger partial charge in [-0.15, -0.1) is 0 Å². The molecule has 1 aromatic carbocycles. The topological polar surface area (TPSA) is 109 Å². The van der Waals surface area contributed by atoms with Crippen LogP contribution >= 0.6 is 11.6 Å². The van der Waals surface area contributed by atoms with Gasteiger partial charge in [-0.25, -0.2) is 17.1 Å². The molecule has 0 saturated heterocycles. The van der Waals surface area contributed by atoms with Gasteiger partial charge in [-0.05, 0) is 29.8 Å². The lowest BCUT2D eigenvalue weighted by Gasteiger charge is -2.17. The minimum absolute atomic E-state index is 0.105. The SMILES string of the molecule is CN(C)S(=O)(=O)c1ccc(F)cc1Cn1cc(Cl)cc(C(N)=O)c1=N. The first-order chi connectivity index (χ1) is 11.5. The summed E-state index contributed by atoms with van der Waals surface area (Å²) in [6.45, 7) is -0.181. The number of carbonyl (C=O) groups excluding carboxylic acids is 1. The van der Waals surface area contributed by atoms with Crippen LogP contribution in [0.15, 0.2) is 35.4 Å². The Labute approximate surface area is 149 Å². The van der Waals surface area contributed by atoms with E-state index in [4.69, 9.17) is 22.7 Å². The summed E-state index contributed by atoms with van der Waals surface area (Å²) in [5.41, 5.74) is 4.95. The number of nitrogens with one attached hydrogen (secondary N) is 1. The fourth-order valence-corrected chi connectivity index (χ4v) is 3.54. The molecule has 0 radical (unpaired) electrons. The maximum atomic E-state index is 13.7. The second kappa shape index (κ2) is 6.95. The van der Waals surface area contributed by atoms with Crippen molar-refractivity contribution in [2.45, 2.75) is 11.4 Å². The summed E-state index contributed by atoms with van der Waals surface area (Å²) in [6, 6.07) is 4.50. The van der Waals surface area contributed by atoms with Gasteiger partial charge in [-0.2, -0.15) is 0 Å². The Morgan fingerprint density at radius 3 is 2.56 bits per heavy atom.